The third kappa shape index (κ3) is 3.35. The number of nitrogens with zero attached hydrogens (tertiary/aromatic N) is 1. The van der Waals surface area contributed by atoms with Crippen LogP contribution in [0.4, 0.5) is 0 Å². The minimum absolute atomic E-state index is 0.0790. The first-order valence-corrected chi connectivity index (χ1v) is 4.44. The normalized spacial score (nSPS) is 10.8. The van der Waals surface area contributed by atoms with Crippen LogP contribution in [0.1, 0.15) is 5.56 Å². The first-order chi connectivity index (χ1) is 7.11. The van der Waals surface area contributed by atoms with Gasteiger partial charge in [-0.3, -0.25) is 5.43 Å². The van der Waals surface area contributed by atoms with Crippen LogP contribution < -0.4 is 11.2 Å². The number of hydrazone groups is 1. The molecule has 0 amide bonds. The number of nitrogens with one attached hydrogen (secondary N) is 1. The lowest BCUT2D eigenvalue weighted by Crippen LogP contribution is -2.27. The summed E-state index contributed by atoms with van der Waals surface area (Å²) in [6, 6.07) is 8.48. The number of carboxylic acids is 1. The van der Waals surface area contributed by atoms with E-state index in [4.69, 9.17) is 10.8 Å². The van der Waals surface area contributed by atoms with Crippen LogP contribution in [0.3, 0.4) is 0 Å². The Morgan fingerprint density at radius 2 is 2.00 bits per heavy atom. The predicted molar refractivity (Wildman–Crippen MR) is 60.5 cm³/mol. The van der Waals surface area contributed by atoms with Gasteiger partial charge in [-0.1, -0.05) is 30.3 Å². The van der Waals surface area contributed by atoms with Crippen molar-refractivity contribution in [3.8, 4) is 0 Å². The summed E-state index contributed by atoms with van der Waals surface area (Å²) < 4.78 is 0. The van der Waals surface area contributed by atoms with Gasteiger partial charge in [0, 0.05) is 5.56 Å². The van der Waals surface area contributed by atoms with Crippen molar-refractivity contribution in [2.24, 2.45) is 10.8 Å². The van der Waals surface area contributed by atoms with E-state index >= 15 is 0 Å². The lowest BCUT2D eigenvalue weighted by molar-refractivity contribution is -0.129. The van der Waals surface area contributed by atoms with E-state index in [0.29, 0.717) is 5.56 Å². The van der Waals surface area contributed by atoms with Gasteiger partial charge in [-0.15, -0.1) is 0 Å². The van der Waals surface area contributed by atoms with Gasteiger partial charge in [-0.25, -0.2) is 4.79 Å². The molecule has 0 radical (unpaired) electrons. The highest BCUT2D eigenvalue weighted by Gasteiger charge is 2.11. The SMILES string of the molecule is NC(=S)N/N=C(/C(=O)O)c1ccccc1. The van der Waals surface area contributed by atoms with E-state index < -0.39 is 5.97 Å². The van der Waals surface area contributed by atoms with E-state index in [9.17, 15) is 4.79 Å². The van der Waals surface area contributed by atoms with Crippen molar-refractivity contribution in [2.75, 3.05) is 0 Å². The molecule has 0 spiro atoms. The fraction of sp³-hybridized carbons (Fsp3) is 0. The minimum Gasteiger partial charge on any atom is -0.476 e. The summed E-state index contributed by atoms with van der Waals surface area (Å²) in [7, 11) is 0. The Morgan fingerprint density at radius 3 is 2.47 bits per heavy atom. The van der Waals surface area contributed by atoms with E-state index in [1.165, 1.54) is 0 Å². The van der Waals surface area contributed by atoms with Gasteiger partial charge in [0.25, 0.3) is 0 Å². The maximum atomic E-state index is 10.9. The Balaban J connectivity index is 2.99. The highest BCUT2D eigenvalue weighted by atomic mass is 32.1. The zero-order chi connectivity index (χ0) is 11.3. The maximum Gasteiger partial charge on any atom is 0.356 e. The molecule has 4 N–H and O–H groups in total. The molecule has 0 atom stereocenters. The van der Waals surface area contributed by atoms with Gasteiger partial charge in [-0.05, 0) is 12.2 Å². The number of rotatable bonds is 3. The number of aliphatic carboxylic acids is 1. The summed E-state index contributed by atoms with van der Waals surface area (Å²) in [6.45, 7) is 0. The summed E-state index contributed by atoms with van der Waals surface area (Å²) in [5.41, 5.74) is 7.73. The molecule has 0 heterocycles. The highest BCUT2D eigenvalue weighted by Crippen LogP contribution is 2.00. The molecule has 0 aliphatic heterocycles. The molecule has 0 saturated heterocycles. The van der Waals surface area contributed by atoms with E-state index in [2.05, 4.69) is 22.7 Å². The van der Waals surface area contributed by atoms with Crippen molar-refractivity contribution < 1.29 is 9.90 Å². The summed E-state index contributed by atoms with van der Waals surface area (Å²) >= 11 is 4.52. The fourth-order valence-corrected chi connectivity index (χ4v) is 0.989. The number of carboxylic acid groups (broad SMARTS) is 1. The number of nitrogens with two attached hydrogens (primary N) is 1. The molecule has 5 nitrogen and oxygen atoms in total. The predicted octanol–water partition coefficient (Wildman–Crippen LogP) is 0.308. The Morgan fingerprint density at radius 1 is 1.40 bits per heavy atom. The zero-order valence-corrected chi connectivity index (χ0v) is 8.49. The summed E-state index contributed by atoms with van der Waals surface area (Å²) in [6.07, 6.45) is 0. The van der Waals surface area contributed by atoms with Crippen molar-refractivity contribution in [1.82, 2.24) is 5.43 Å². The number of thiocarbonyl (C=S) groups is 1. The van der Waals surface area contributed by atoms with Crippen LogP contribution in [-0.2, 0) is 4.79 Å². The number of benzene rings is 1. The lowest BCUT2D eigenvalue weighted by atomic mass is 10.1. The number of hydrogen-bond acceptors (Lipinski definition) is 3. The topological polar surface area (TPSA) is 87.7 Å². The average Bonchev–Trinajstić information content (AvgIpc) is 2.18. The van der Waals surface area contributed by atoms with Crippen molar-refractivity contribution in [2.45, 2.75) is 0 Å². The van der Waals surface area contributed by atoms with Crippen LogP contribution in [-0.4, -0.2) is 21.9 Å². The second-order valence-electron chi connectivity index (χ2n) is 2.61. The fourth-order valence-electron chi connectivity index (χ4n) is 0.943. The molecule has 0 unspecified atom stereocenters. The van der Waals surface area contributed by atoms with Crippen LogP contribution in [0.2, 0.25) is 0 Å². The van der Waals surface area contributed by atoms with Gasteiger partial charge >= 0.3 is 5.97 Å². The van der Waals surface area contributed by atoms with Crippen molar-refractivity contribution in [3.05, 3.63) is 35.9 Å². The van der Waals surface area contributed by atoms with Gasteiger partial charge < -0.3 is 10.8 Å². The molecule has 6 heteroatoms. The standard InChI is InChI=1S/C9H9N3O2S/c10-9(15)12-11-7(8(13)14)6-4-2-1-3-5-6/h1-5H,(H,13,14)(H3,10,12,15)/b11-7+. The third-order valence-corrected chi connectivity index (χ3v) is 1.62. The van der Waals surface area contributed by atoms with E-state index in [0.717, 1.165) is 0 Å². The van der Waals surface area contributed by atoms with Crippen LogP contribution in [0.15, 0.2) is 35.4 Å². The molecule has 1 aromatic rings. The molecule has 0 fully saturated rings. The molecule has 0 aliphatic rings. The van der Waals surface area contributed by atoms with Gasteiger partial charge in [0.2, 0.25) is 0 Å². The quantitative estimate of drug-likeness (QED) is 0.390. The summed E-state index contributed by atoms with van der Waals surface area (Å²) in [4.78, 5) is 10.9. The zero-order valence-electron chi connectivity index (χ0n) is 7.68. The first-order valence-electron chi connectivity index (χ1n) is 4.03. The Bertz CT molecular complexity index is 403. The maximum absolute atomic E-state index is 10.9. The van der Waals surface area contributed by atoms with Gasteiger partial charge in [0.05, 0.1) is 0 Å². The van der Waals surface area contributed by atoms with E-state index in [1.54, 1.807) is 30.3 Å². The van der Waals surface area contributed by atoms with Crippen molar-refractivity contribution in [1.29, 1.82) is 0 Å². The lowest BCUT2D eigenvalue weighted by Gasteiger charge is -2.01. The van der Waals surface area contributed by atoms with Gasteiger partial charge in [0.15, 0.2) is 10.8 Å². The van der Waals surface area contributed by atoms with Crippen molar-refractivity contribution in [3.63, 3.8) is 0 Å². The minimum atomic E-state index is -1.15. The van der Waals surface area contributed by atoms with E-state index in [-0.39, 0.29) is 10.8 Å². The van der Waals surface area contributed by atoms with Gasteiger partial charge in [0.1, 0.15) is 0 Å². The van der Waals surface area contributed by atoms with Crippen molar-refractivity contribution >= 4 is 29.0 Å². The first kappa shape index (κ1) is 11.1. The Kier molecular flexibility index (Phi) is 3.75. The molecular formula is C9H9N3O2S. The largest absolute Gasteiger partial charge is 0.476 e. The van der Waals surface area contributed by atoms with Gasteiger partial charge in [-0.2, -0.15) is 5.10 Å². The molecular weight excluding hydrogens is 214 g/mol. The van der Waals surface area contributed by atoms with Crippen LogP contribution in [0.25, 0.3) is 0 Å². The average molecular weight is 223 g/mol. The van der Waals surface area contributed by atoms with E-state index in [1.807, 2.05) is 0 Å². The Hall–Kier alpha value is -1.95. The molecule has 0 saturated carbocycles. The third-order valence-electron chi connectivity index (χ3n) is 1.53. The smallest absolute Gasteiger partial charge is 0.356 e. The van der Waals surface area contributed by atoms with Crippen LogP contribution in [0, 0.1) is 0 Å². The molecule has 0 aromatic heterocycles. The van der Waals surface area contributed by atoms with Crippen LogP contribution in [0.5, 0.6) is 0 Å². The molecule has 15 heavy (non-hydrogen) atoms. The highest BCUT2D eigenvalue weighted by molar-refractivity contribution is 7.80. The molecule has 78 valence electrons. The molecule has 1 rings (SSSR count). The number of hydrogen-bond donors (Lipinski definition) is 3. The molecule has 1 aromatic carbocycles. The summed E-state index contributed by atoms with van der Waals surface area (Å²) in [5.74, 6) is -1.15. The second kappa shape index (κ2) is 5.06. The summed E-state index contributed by atoms with van der Waals surface area (Å²) in [5, 5.41) is 12.4. The van der Waals surface area contributed by atoms with Crippen LogP contribution >= 0.6 is 12.2 Å². The monoisotopic (exact) mass is 223 g/mol. The second-order valence-corrected chi connectivity index (χ2v) is 3.05. The Labute approximate surface area is 91.6 Å². The number of carbonyl (C=O) groups is 1. The molecule has 0 bridgehead atoms. The molecule has 0 aliphatic carbocycles.